The van der Waals surface area contributed by atoms with E-state index in [1.807, 2.05) is 36.7 Å². The van der Waals surface area contributed by atoms with E-state index in [2.05, 4.69) is 126 Å². The van der Waals surface area contributed by atoms with Crippen LogP contribution in [0.3, 0.4) is 0 Å². The van der Waals surface area contributed by atoms with Crippen molar-refractivity contribution in [3.05, 3.63) is 131 Å². The minimum Gasteiger partial charge on any atom is -0.305 e. The van der Waals surface area contributed by atoms with Gasteiger partial charge in [0.2, 0.25) is 0 Å². The molecule has 211 valence electrons. The normalized spacial score (nSPS) is 14.0. The Morgan fingerprint density at radius 2 is 1.20 bits per heavy atom. The Bertz CT molecular complexity index is 1630. The van der Waals surface area contributed by atoms with Crippen LogP contribution in [0.25, 0.3) is 33.6 Å². The van der Waals surface area contributed by atoms with Gasteiger partial charge in [-0.15, -0.1) is 64.2 Å². The summed E-state index contributed by atoms with van der Waals surface area (Å²) >= 11 is 0. The predicted molar refractivity (Wildman–Crippen MR) is 167 cm³/mol. The van der Waals surface area contributed by atoms with Crippen LogP contribution < -0.4 is 0 Å². The minimum atomic E-state index is 0. The molecule has 0 N–H and O–H groups in total. The van der Waals surface area contributed by atoms with E-state index in [0.717, 1.165) is 22.5 Å². The van der Waals surface area contributed by atoms with E-state index in [0.29, 0.717) is 0 Å². The van der Waals surface area contributed by atoms with Crippen LogP contribution in [-0.4, -0.2) is 9.97 Å². The topological polar surface area (TPSA) is 25.8 Å². The van der Waals surface area contributed by atoms with E-state index in [1.54, 1.807) is 0 Å². The van der Waals surface area contributed by atoms with Crippen LogP contribution in [-0.2, 0) is 30.9 Å². The van der Waals surface area contributed by atoms with Crippen molar-refractivity contribution >= 4 is 0 Å². The second-order valence-corrected chi connectivity index (χ2v) is 12.1. The van der Waals surface area contributed by atoms with Crippen LogP contribution in [0.1, 0.15) is 61.1 Å². The first kappa shape index (κ1) is 30.6. The maximum Gasteiger partial charge on any atom is 0.0192 e. The summed E-state index contributed by atoms with van der Waals surface area (Å²) in [6, 6.07) is 32.3. The van der Waals surface area contributed by atoms with Crippen molar-refractivity contribution in [2.24, 2.45) is 0 Å². The Balaban J connectivity index is 0.000000200. The molecule has 1 radical (unpaired) electrons. The van der Waals surface area contributed by atoms with Crippen LogP contribution >= 0.6 is 0 Å². The SMILES string of the molecule is CC1(C)c2c[c-]c(-c3ccccn3)cc2-c2ccccc2C1(C)C.Cc1c[c-]c(-c2cc(C)c(C)cn2)cc1C.[Ir]. The molecule has 3 aromatic carbocycles. The molecule has 2 aromatic heterocycles. The van der Waals surface area contributed by atoms with Crippen LogP contribution in [0.15, 0.2) is 85.2 Å². The van der Waals surface area contributed by atoms with Crippen molar-refractivity contribution in [1.82, 2.24) is 9.97 Å². The minimum absolute atomic E-state index is 0. The Morgan fingerprint density at radius 3 is 1.88 bits per heavy atom. The molecular weight excluding hydrogens is 677 g/mol. The summed E-state index contributed by atoms with van der Waals surface area (Å²) in [6.45, 7) is 17.8. The number of nitrogens with zero attached hydrogens (tertiary/aromatic N) is 2. The zero-order valence-electron chi connectivity index (χ0n) is 25.3. The van der Waals surface area contributed by atoms with Gasteiger partial charge in [0.25, 0.3) is 0 Å². The van der Waals surface area contributed by atoms with Gasteiger partial charge in [-0.3, -0.25) is 0 Å². The van der Waals surface area contributed by atoms with E-state index in [-0.39, 0.29) is 30.9 Å². The number of benzene rings is 3. The van der Waals surface area contributed by atoms with Crippen LogP contribution in [0, 0.1) is 39.8 Å². The summed E-state index contributed by atoms with van der Waals surface area (Å²) in [5, 5.41) is 0. The smallest absolute Gasteiger partial charge is 0.0192 e. The molecule has 41 heavy (non-hydrogen) atoms. The molecule has 2 heterocycles. The third kappa shape index (κ3) is 5.71. The van der Waals surface area contributed by atoms with E-state index < -0.39 is 0 Å². The second kappa shape index (κ2) is 11.8. The van der Waals surface area contributed by atoms with Gasteiger partial charge in [0, 0.05) is 32.5 Å². The molecule has 0 fully saturated rings. The summed E-state index contributed by atoms with van der Waals surface area (Å²) < 4.78 is 0. The number of fused-ring (bicyclic) bond motifs is 3. The van der Waals surface area contributed by atoms with E-state index in [9.17, 15) is 0 Å². The average Bonchev–Trinajstić information content (AvgIpc) is 2.96. The molecule has 3 heteroatoms. The zero-order valence-corrected chi connectivity index (χ0v) is 27.7. The summed E-state index contributed by atoms with van der Waals surface area (Å²) in [4.78, 5) is 8.94. The monoisotopic (exact) mass is 715 g/mol. The Labute approximate surface area is 259 Å². The fourth-order valence-corrected chi connectivity index (χ4v) is 5.43. The van der Waals surface area contributed by atoms with Gasteiger partial charge >= 0.3 is 0 Å². The van der Waals surface area contributed by atoms with Crippen molar-refractivity contribution in [2.45, 2.75) is 66.2 Å². The van der Waals surface area contributed by atoms with Gasteiger partial charge in [-0.2, -0.15) is 0 Å². The molecule has 0 amide bonds. The second-order valence-electron chi connectivity index (χ2n) is 12.1. The average molecular weight is 715 g/mol. The van der Waals surface area contributed by atoms with Crippen LogP contribution in [0.4, 0.5) is 0 Å². The molecule has 2 nitrogen and oxygen atoms in total. The quantitative estimate of drug-likeness (QED) is 0.170. The van der Waals surface area contributed by atoms with Gasteiger partial charge in [0.1, 0.15) is 0 Å². The fraction of sp³-hybridized carbons (Fsp3) is 0.263. The van der Waals surface area contributed by atoms with Crippen LogP contribution in [0.2, 0.25) is 0 Å². The maximum absolute atomic E-state index is 4.49. The molecule has 1 aliphatic carbocycles. The van der Waals surface area contributed by atoms with Crippen LogP contribution in [0.5, 0.6) is 0 Å². The summed E-state index contributed by atoms with van der Waals surface area (Å²) in [7, 11) is 0. The molecule has 0 spiro atoms. The first-order valence-corrected chi connectivity index (χ1v) is 14.0. The summed E-state index contributed by atoms with van der Waals surface area (Å²) in [5.74, 6) is 0. The Kier molecular flexibility index (Phi) is 8.83. The number of aromatic nitrogens is 2. The van der Waals surface area contributed by atoms with Crippen molar-refractivity contribution in [3.63, 3.8) is 0 Å². The van der Waals surface area contributed by atoms with Gasteiger partial charge in [-0.05, 0) is 58.8 Å². The van der Waals surface area contributed by atoms with Gasteiger partial charge in [-0.1, -0.05) is 95.1 Å². The van der Waals surface area contributed by atoms with Gasteiger partial charge in [-0.25, -0.2) is 0 Å². The van der Waals surface area contributed by atoms with Crippen molar-refractivity contribution in [3.8, 4) is 33.6 Å². The van der Waals surface area contributed by atoms with Gasteiger partial charge in [0.05, 0.1) is 0 Å². The first-order valence-electron chi connectivity index (χ1n) is 14.0. The molecule has 5 aromatic rings. The zero-order chi connectivity index (χ0) is 28.7. The number of rotatable bonds is 2. The molecule has 0 aliphatic heterocycles. The number of aryl methyl sites for hydroxylation is 4. The van der Waals surface area contributed by atoms with Gasteiger partial charge in [0.15, 0.2) is 0 Å². The summed E-state index contributed by atoms with van der Waals surface area (Å²) in [5.41, 5.74) is 14.7. The van der Waals surface area contributed by atoms with Crippen molar-refractivity contribution in [2.75, 3.05) is 0 Å². The summed E-state index contributed by atoms with van der Waals surface area (Å²) in [6.07, 6.45) is 3.76. The third-order valence-electron chi connectivity index (χ3n) is 9.09. The van der Waals surface area contributed by atoms with Crippen molar-refractivity contribution in [1.29, 1.82) is 0 Å². The first-order chi connectivity index (χ1) is 19.0. The molecule has 6 rings (SSSR count). The molecule has 1 aliphatic rings. The molecule has 0 saturated heterocycles. The molecule has 0 atom stereocenters. The number of hydrogen-bond acceptors (Lipinski definition) is 2. The number of pyridine rings is 2. The molecule has 0 bridgehead atoms. The van der Waals surface area contributed by atoms with E-state index in [1.165, 1.54) is 44.5 Å². The third-order valence-corrected chi connectivity index (χ3v) is 9.09. The van der Waals surface area contributed by atoms with Crippen molar-refractivity contribution < 1.29 is 20.1 Å². The van der Waals surface area contributed by atoms with E-state index in [4.69, 9.17) is 0 Å². The fourth-order valence-electron chi connectivity index (χ4n) is 5.43. The largest absolute Gasteiger partial charge is 0.305 e. The standard InChI is InChI=1S/C23H22N.C15H16N.Ir/c1-22(2)19-10-6-5-9-17(19)18-15-16(21-11-7-8-14-24-21)12-13-20(18)23(22,3)4;1-10-5-6-14(7-11(10)2)15-8-12(3)13(4)9-16-15;/h5-11,13-15H,1-4H3;5,7-9H,1-4H3;/q2*-1;. The Hall–Kier alpha value is -3.39. The van der Waals surface area contributed by atoms with Gasteiger partial charge < -0.3 is 9.97 Å². The van der Waals surface area contributed by atoms with E-state index >= 15 is 0 Å². The molecular formula is C38H38IrN2-2. The predicted octanol–water partition coefficient (Wildman–Crippen LogP) is 9.56. The Morgan fingerprint density at radius 1 is 0.561 bits per heavy atom. The molecule has 0 unspecified atom stereocenters. The maximum atomic E-state index is 4.49. The number of hydrogen-bond donors (Lipinski definition) is 0. The molecule has 0 saturated carbocycles.